The van der Waals surface area contributed by atoms with E-state index in [4.69, 9.17) is 9.47 Å². The van der Waals surface area contributed by atoms with Crippen molar-refractivity contribution in [2.45, 2.75) is 16.2 Å². The molecule has 2 aliphatic rings. The van der Waals surface area contributed by atoms with Crippen molar-refractivity contribution in [3.05, 3.63) is 115 Å². The van der Waals surface area contributed by atoms with Crippen LogP contribution in [0, 0.1) is 16.0 Å². The number of thiazole rings is 1. The summed E-state index contributed by atoms with van der Waals surface area (Å²) in [4.78, 5) is 67.7. The third kappa shape index (κ3) is 5.40. The van der Waals surface area contributed by atoms with E-state index in [2.05, 4.69) is 10.3 Å². The first-order valence-electron chi connectivity index (χ1n) is 14.3. The number of thioether (sulfide) groups is 1. The van der Waals surface area contributed by atoms with E-state index < -0.39 is 33.8 Å². The Hall–Kier alpha value is -5.47. The molecule has 0 aliphatic carbocycles. The number of fused-ring (bicyclic) bond motifs is 3. The number of H-pyrrole nitrogens is 1. The largest absolute Gasteiger partial charge is 0.493 e. The lowest BCUT2D eigenvalue weighted by molar-refractivity contribution is -0.384. The van der Waals surface area contributed by atoms with Gasteiger partial charge in [-0.1, -0.05) is 65.6 Å². The number of hydrogen-bond donors (Lipinski definition) is 2. The van der Waals surface area contributed by atoms with Gasteiger partial charge in [0.05, 0.1) is 28.7 Å². The topological polar surface area (TPSA) is 161 Å². The van der Waals surface area contributed by atoms with E-state index in [0.29, 0.717) is 26.9 Å². The number of methoxy groups -OCH3 is 1. The molecule has 0 radical (unpaired) electrons. The molecule has 3 atom stereocenters. The molecule has 3 heterocycles. The number of anilines is 2. The van der Waals surface area contributed by atoms with Crippen molar-refractivity contribution < 1.29 is 28.8 Å². The SMILES string of the molecule is COc1cc([C@H]2c3sc(=O)[nH]c3SC3C(=O)N(c4ccc([N+](=O)[O-])cc4)C(=O)C32)ccc1OCC(=O)Nc1cccc2ccccc12. The zero-order chi connectivity index (χ0) is 32.8. The molecule has 3 amide bonds. The Labute approximate surface area is 274 Å². The summed E-state index contributed by atoms with van der Waals surface area (Å²) in [6.07, 6.45) is 0. The van der Waals surface area contributed by atoms with Gasteiger partial charge in [-0.3, -0.25) is 29.3 Å². The normalized spacial score (nSPS) is 18.5. The highest BCUT2D eigenvalue weighted by atomic mass is 32.2. The zero-order valence-corrected chi connectivity index (χ0v) is 26.1. The summed E-state index contributed by atoms with van der Waals surface area (Å²) in [7, 11) is 1.45. The molecule has 47 heavy (non-hydrogen) atoms. The second-order valence-electron chi connectivity index (χ2n) is 10.8. The fourth-order valence-electron chi connectivity index (χ4n) is 6.01. The van der Waals surface area contributed by atoms with E-state index in [9.17, 15) is 29.3 Å². The number of nitro benzene ring substituents is 1. The average Bonchev–Trinajstić information content (AvgIpc) is 3.57. The third-order valence-electron chi connectivity index (χ3n) is 8.11. The lowest BCUT2D eigenvalue weighted by Gasteiger charge is -2.30. The van der Waals surface area contributed by atoms with Crippen molar-refractivity contribution in [1.29, 1.82) is 0 Å². The van der Waals surface area contributed by atoms with Gasteiger partial charge in [-0.2, -0.15) is 0 Å². The molecule has 4 aromatic carbocycles. The molecule has 2 N–H and O–H groups in total. The van der Waals surface area contributed by atoms with Gasteiger partial charge in [0.1, 0.15) is 5.25 Å². The van der Waals surface area contributed by atoms with Crippen molar-refractivity contribution in [1.82, 2.24) is 4.98 Å². The Bertz CT molecular complexity index is 2140. The Morgan fingerprint density at radius 3 is 2.51 bits per heavy atom. The maximum Gasteiger partial charge on any atom is 0.305 e. The Morgan fingerprint density at radius 2 is 1.74 bits per heavy atom. The van der Waals surface area contributed by atoms with Crippen LogP contribution in [-0.2, 0) is 14.4 Å². The molecule has 1 saturated heterocycles. The highest BCUT2D eigenvalue weighted by Crippen LogP contribution is 2.53. The fraction of sp³-hybridized carbons (Fsp3) is 0.152. The van der Waals surface area contributed by atoms with E-state index in [1.165, 1.54) is 31.4 Å². The maximum atomic E-state index is 14.0. The van der Waals surface area contributed by atoms with Crippen LogP contribution in [-0.4, -0.2) is 46.6 Å². The number of imide groups is 1. The van der Waals surface area contributed by atoms with Crippen LogP contribution in [0.1, 0.15) is 16.4 Å². The summed E-state index contributed by atoms with van der Waals surface area (Å²) >= 11 is 2.09. The van der Waals surface area contributed by atoms with Gasteiger partial charge in [0.2, 0.25) is 11.8 Å². The van der Waals surface area contributed by atoms with Crippen molar-refractivity contribution in [2.75, 3.05) is 23.9 Å². The summed E-state index contributed by atoms with van der Waals surface area (Å²) in [5.74, 6) is -2.31. The third-order valence-corrected chi connectivity index (χ3v) is 10.5. The first-order chi connectivity index (χ1) is 22.7. The van der Waals surface area contributed by atoms with Gasteiger partial charge in [-0.25, -0.2) is 4.90 Å². The number of nitrogens with one attached hydrogen (secondary N) is 2. The predicted molar refractivity (Wildman–Crippen MR) is 177 cm³/mol. The Kier molecular flexibility index (Phi) is 7.74. The number of aromatic nitrogens is 1. The zero-order valence-electron chi connectivity index (χ0n) is 24.5. The second kappa shape index (κ2) is 12.0. The number of nitro groups is 1. The van der Waals surface area contributed by atoms with Gasteiger partial charge in [-0.05, 0) is 41.3 Å². The molecule has 0 spiro atoms. The van der Waals surface area contributed by atoms with E-state index in [0.717, 1.165) is 38.8 Å². The molecule has 0 saturated carbocycles. The van der Waals surface area contributed by atoms with Gasteiger partial charge in [0, 0.05) is 34.0 Å². The van der Waals surface area contributed by atoms with Crippen LogP contribution < -0.4 is 24.6 Å². The molecule has 14 heteroatoms. The smallest absolute Gasteiger partial charge is 0.305 e. The van der Waals surface area contributed by atoms with Crippen LogP contribution >= 0.6 is 23.1 Å². The second-order valence-corrected chi connectivity index (χ2v) is 13.0. The standard InChI is InChI=1S/C33H24N4O8S2/c1-44-24-15-18(9-14-23(24)45-16-25(38)34-22-8-4-6-17-5-2-3-7-21(17)22)26-27-29(46-30-28(26)47-33(41)35-30)32(40)36(31(27)39)19-10-12-20(13-11-19)37(42)43/h2-15,26-27,29H,16H2,1H3,(H,34,38)(H,35,41)/t26-,27?,29?/m1/s1. The summed E-state index contributed by atoms with van der Waals surface area (Å²) < 4.78 is 11.5. The van der Waals surface area contributed by atoms with Crippen LogP contribution in [0.2, 0.25) is 0 Å². The summed E-state index contributed by atoms with van der Waals surface area (Å²) in [6, 6.07) is 23.6. The molecular formula is C33H24N4O8S2. The molecule has 236 valence electrons. The Balaban J connectivity index is 1.16. The quantitative estimate of drug-likeness (QED) is 0.127. The lowest BCUT2D eigenvalue weighted by Crippen LogP contribution is -2.32. The number of rotatable bonds is 8. The maximum absolute atomic E-state index is 14.0. The molecule has 2 aliphatic heterocycles. The van der Waals surface area contributed by atoms with Gasteiger partial charge >= 0.3 is 4.87 Å². The molecule has 12 nitrogen and oxygen atoms in total. The van der Waals surface area contributed by atoms with Crippen molar-refractivity contribution in [3.8, 4) is 11.5 Å². The van der Waals surface area contributed by atoms with E-state index in [-0.39, 0.29) is 34.5 Å². The molecule has 1 fully saturated rings. The van der Waals surface area contributed by atoms with Crippen LogP contribution in [0.25, 0.3) is 10.8 Å². The number of aromatic amines is 1. The van der Waals surface area contributed by atoms with Crippen LogP contribution in [0.15, 0.2) is 94.7 Å². The average molecular weight is 669 g/mol. The van der Waals surface area contributed by atoms with Gasteiger partial charge in [-0.15, -0.1) is 0 Å². The Morgan fingerprint density at radius 1 is 0.979 bits per heavy atom. The van der Waals surface area contributed by atoms with Gasteiger partial charge in [0.25, 0.3) is 11.6 Å². The van der Waals surface area contributed by atoms with Crippen molar-refractivity contribution >= 4 is 68.7 Å². The lowest BCUT2D eigenvalue weighted by atomic mass is 9.83. The predicted octanol–water partition coefficient (Wildman–Crippen LogP) is 5.32. The molecule has 0 bridgehead atoms. The molecule has 1 aromatic heterocycles. The highest BCUT2D eigenvalue weighted by molar-refractivity contribution is 8.00. The summed E-state index contributed by atoms with van der Waals surface area (Å²) in [5.41, 5.74) is 1.31. The number of hydrogen-bond acceptors (Lipinski definition) is 10. The van der Waals surface area contributed by atoms with E-state index in [1.54, 1.807) is 18.2 Å². The molecule has 7 rings (SSSR count). The number of benzene rings is 4. The van der Waals surface area contributed by atoms with Crippen LogP contribution in [0.5, 0.6) is 11.5 Å². The first kappa shape index (κ1) is 30.2. The number of ether oxygens (including phenoxy) is 2. The number of carbonyl (C=O) groups excluding carboxylic acids is 3. The highest BCUT2D eigenvalue weighted by Gasteiger charge is 2.56. The number of non-ortho nitro benzene ring substituents is 1. The molecule has 2 unspecified atom stereocenters. The first-order valence-corrected chi connectivity index (χ1v) is 16.0. The van der Waals surface area contributed by atoms with Gasteiger partial charge in [0.15, 0.2) is 18.1 Å². The van der Waals surface area contributed by atoms with Crippen LogP contribution in [0.4, 0.5) is 17.1 Å². The molecular weight excluding hydrogens is 645 g/mol. The van der Waals surface area contributed by atoms with E-state index >= 15 is 0 Å². The van der Waals surface area contributed by atoms with Crippen molar-refractivity contribution in [3.63, 3.8) is 0 Å². The summed E-state index contributed by atoms with van der Waals surface area (Å²) in [5, 5.41) is 15.6. The number of nitrogens with zero attached hydrogens (tertiary/aromatic N) is 2. The van der Waals surface area contributed by atoms with Crippen molar-refractivity contribution in [2.24, 2.45) is 5.92 Å². The summed E-state index contributed by atoms with van der Waals surface area (Å²) in [6.45, 7) is -0.301. The number of carbonyl (C=O) groups is 3. The minimum absolute atomic E-state index is 0.169. The monoisotopic (exact) mass is 668 g/mol. The minimum Gasteiger partial charge on any atom is -0.493 e. The van der Waals surface area contributed by atoms with Gasteiger partial charge < -0.3 is 19.8 Å². The fourth-order valence-corrected chi connectivity index (χ4v) is 8.53. The minimum atomic E-state index is -0.871. The van der Waals surface area contributed by atoms with Crippen LogP contribution in [0.3, 0.4) is 0 Å². The molecule has 5 aromatic rings. The number of amides is 3. The van der Waals surface area contributed by atoms with E-state index in [1.807, 2.05) is 42.5 Å².